The van der Waals surface area contributed by atoms with Gasteiger partial charge in [-0.2, -0.15) is 5.10 Å². The molecule has 1 N–H and O–H groups in total. The summed E-state index contributed by atoms with van der Waals surface area (Å²) in [5.41, 5.74) is -0.685. The molecular formula is C8H9F2N3O2S. The average molecular weight is 251 g/mol. The summed E-state index contributed by atoms with van der Waals surface area (Å²) in [6.45, 7) is -2.77. The molecule has 0 amide bonds. The minimum Gasteiger partial charge on any atom is -0.390 e. The highest BCUT2D eigenvalue weighted by molar-refractivity contribution is 7.16. The first-order valence-corrected chi connectivity index (χ1v) is 5.05. The molecule has 0 atom stereocenters. The third-order valence-corrected chi connectivity index (χ3v) is 2.68. The molecule has 0 unspecified atom stereocenters. The summed E-state index contributed by atoms with van der Waals surface area (Å²) in [5.74, 6) is 0. The monoisotopic (exact) mass is 251 g/mol. The molecule has 2 aromatic rings. The minimum absolute atomic E-state index is 0.0528. The molecule has 0 saturated heterocycles. The molecule has 0 saturated carbocycles. The summed E-state index contributed by atoms with van der Waals surface area (Å²) in [4.78, 5) is 3.73. The van der Waals surface area contributed by atoms with E-state index < -0.39 is 25.3 Å². The Morgan fingerprint density at radius 3 is 3.00 bits per heavy atom. The average Bonchev–Trinajstić information content (AvgIpc) is 2.85. The highest BCUT2D eigenvalue weighted by atomic mass is 32.1. The van der Waals surface area contributed by atoms with Gasteiger partial charge in [0.15, 0.2) is 0 Å². The second-order valence-corrected chi connectivity index (χ2v) is 3.77. The summed E-state index contributed by atoms with van der Waals surface area (Å²) in [5, 5.41) is 12.8. The van der Waals surface area contributed by atoms with E-state index in [-0.39, 0.29) is 15.7 Å². The lowest BCUT2D eigenvalue weighted by Gasteiger charge is -1.97. The Balaban J connectivity index is 2.58. The topological polar surface area (TPSA) is 59.7 Å². The Labute approximate surface area is 96.1 Å². The Morgan fingerprint density at radius 2 is 2.44 bits per heavy atom. The SMILES string of the molecule is [2H]C([2H])(OC)c1nn2c(CO)c(C(F)F)nc2s1. The van der Waals surface area contributed by atoms with Crippen molar-refractivity contribution in [3.8, 4) is 0 Å². The highest BCUT2D eigenvalue weighted by Crippen LogP contribution is 2.26. The molecule has 0 aromatic carbocycles. The third kappa shape index (κ3) is 1.79. The maximum Gasteiger partial charge on any atom is 0.282 e. The lowest BCUT2D eigenvalue weighted by atomic mass is 10.3. The van der Waals surface area contributed by atoms with E-state index in [1.165, 1.54) is 7.11 Å². The van der Waals surface area contributed by atoms with Crippen LogP contribution in [0.5, 0.6) is 0 Å². The van der Waals surface area contributed by atoms with Crippen LogP contribution in [-0.2, 0) is 17.9 Å². The van der Waals surface area contributed by atoms with Gasteiger partial charge >= 0.3 is 0 Å². The van der Waals surface area contributed by atoms with Gasteiger partial charge in [-0.05, 0) is 0 Å². The molecule has 0 spiro atoms. The lowest BCUT2D eigenvalue weighted by molar-refractivity contribution is 0.142. The molecule has 0 aliphatic rings. The van der Waals surface area contributed by atoms with Crippen LogP contribution >= 0.6 is 11.3 Å². The molecule has 0 fully saturated rings. The molecular weight excluding hydrogens is 240 g/mol. The van der Waals surface area contributed by atoms with E-state index in [9.17, 15) is 8.78 Å². The van der Waals surface area contributed by atoms with Gasteiger partial charge < -0.3 is 9.84 Å². The van der Waals surface area contributed by atoms with E-state index in [0.29, 0.717) is 0 Å². The van der Waals surface area contributed by atoms with Gasteiger partial charge in [-0.3, -0.25) is 0 Å². The Hall–Kier alpha value is -1.12. The van der Waals surface area contributed by atoms with Gasteiger partial charge in [-0.25, -0.2) is 18.3 Å². The van der Waals surface area contributed by atoms with Crippen molar-refractivity contribution in [2.45, 2.75) is 19.6 Å². The first-order chi connectivity index (χ1) is 8.40. The number of ether oxygens (including phenoxy) is 1. The van der Waals surface area contributed by atoms with Crippen molar-refractivity contribution < 1.29 is 21.4 Å². The van der Waals surface area contributed by atoms with Crippen molar-refractivity contribution in [2.24, 2.45) is 0 Å². The van der Waals surface area contributed by atoms with E-state index in [4.69, 9.17) is 7.85 Å². The quantitative estimate of drug-likeness (QED) is 0.891. The number of aromatic nitrogens is 3. The van der Waals surface area contributed by atoms with Crippen LogP contribution < -0.4 is 0 Å². The zero-order chi connectivity index (χ0) is 13.5. The number of hydrogen-bond donors (Lipinski definition) is 1. The molecule has 2 rings (SSSR count). The fraction of sp³-hybridized carbons (Fsp3) is 0.500. The number of rotatable bonds is 4. The fourth-order valence-electron chi connectivity index (χ4n) is 1.26. The number of hydrogen-bond acceptors (Lipinski definition) is 5. The number of aliphatic hydroxyl groups is 1. The van der Waals surface area contributed by atoms with Crippen LogP contribution in [0.4, 0.5) is 8.78 Å². The molecule has 0 radical (unpaired) electrons. The van der Waals surface area contributed by atoms with Crippen molar-refractivity contribution in [2.75, 3.05) is 7.11 Å². The molecule has 16 heavy (non-hydrogen) atoms. The summed E-state index contributed by atoms with van der Waals surface area (Å²) in [6.07, 6.45) is -2.82. The summed E-state index contributed by atoms with van der Waals surface area (Å²) in [7, 11) is 1.17. The van der Waals surface area contributed by atoms with Crippen molar-refractivity contribution >= 4 is 16.3 Å². The number of alkyl halides is 2. The third-order valence-electron chi connectivity index (χ3n) is 1.87. The summed E-state index contributed by atoms with van der Waals surface area (Å²) >= 11 is 0.793. The van der Waals surface area contributed by atoms with Gasteiger partial charge in [0.2, 0.25) is 4.96 Å². The van der Waals surface area contributed by atoms with Gasteiger partial charge in [0.1, 0.15) is 10.7 Å². The molecule has 5 nitrogen and oxygen atoms in total. The van der Waals surface area contributed by atoms with E-state index in [2.05, 4.69) is 14.8 Å². The van der Waals surface area contributed by atoms with E-state index in [0.717, 1.165) is 15.9 Å². The van der Waals surface area contributed by atoms with Gasteiger partial charge in [0, 0.05) is 7.11 Å². The first-order valence-electron chi connectivity index (χ1n) is 5.23. The van der Waals surface area contributed by atoms with E-state index in [1.807, 2.05) is 0 Å². The second-order valence-electron chi connectivity index (χ2n) is 2.81. The normalized spacial score (nSPS) is 14.6. The highest BCUT2D eigenvalue weighted by Gasteiger charge is 2.22. The number of imidazole rings is 1. The number of methoxy groups -OCH3 is 1. The zero-order valence-electron chi connectivity index (χ0n) is 10.1. The lowest BCUT2D eigenvalue weighted by Crippen LogP contribution is -1.99. The van der Waals surface area contributed by atoms with Crippen LogP contribution in [0, 0.1) is 0 Å². The van der Waals surface area contributed by atoms with Crippen LogP contribution in [-0.4, -0.2) is 26.8 Å². The predicted octanol–water partition coefficient (Wildman–Crippen LogP) is 1.37. The van der Waals surface area contributed by atoms with Gasteiger partial charge in [0.05, 0.1) is 21.6 Å². The predicted molar refractivity (Wildman–Crippen MR) is 52.5 cm³/mol. The molecule has 2 aromatic heterocycles. The zero-order valence-corrected chi connectivity index (χ0v) is 8.96. The number of aliphatic hydroxyl groups excluding tert-OH is 1. The van der Waals surface area contributed by atoms with Crippen LogP contribution in [0.1, 0.15) is 25.6 Å². The van der Waals surface area contributed by atoms with Crippen LogP contribution in [0.2, 0.25) is 0 Å². The minimum atomic E-state index is -2.82. The van der Waals surface area contributed by atoms with Gasteiger partial charge in [-0.1, -0.05) is 11.3 Å². The molecule has 2 heterocycles. The molecule has 88 valence electrons. The maximum atomic E-state index is 12.6. The standard InChI is InChI=1S/C8H9F2N3O2S/c1-15-3-5-12-13-4(2-14)6(7(9)10)11-8(13)16-5/h7,14H,2-3H2,1H3/i3D2. The number of halogens is 2. The van der Waals surface area contributed by atoms with E-state index in [1.54, 1.807) is 0 Å². The summed E-state index contributed by atoms with van der Waals surface area (Å²) in [6, 6.07) is 0. The van der Waals surface area contributed by atoms with Crippen molar-refractivity contribution in [1.29, 1.82) is 0 Å². The molecule has 0 aliphatic heterocycles. The van der Waals surface area contributed by atoms with Gasteiger partial charge in [0.25, 0.3) is 6.43 Å². The Kier molecular flexibility index (Phi) is 2.47. The van der Waals surface area contributed by atoms with Crippen LogP contribution in [0.15, 0.2) is 0 Å². The second kappa shape index (κ2) is 4.40. The van der Waals surface area contributed by atoms with E-state index >= 15 is 0 Å². The summed E-state index contributed by atoms with van der Waals surface area (Å²) < 4.78 is 45.8. The first kappa shape index (κ1) is 8.97. The number of nitrogens with zero attached hydrogens (tertiary/aromatic N) is 3. The van der Waals surface area contributed by atoms with Crippen LogP contribution in [0.25, 0.3) is 4.96 Å². The Morgan fingerprint density at radius 1 is 1.69 bits per heavy atom. The van der Waals surface area contributed by atoms with Crippen molar-refractivity contribution in [3.05, 3.63) is 16.4 Å². The Bertz CT molecular complexity index is 572. The largest absolute Gasteiger partial charge is 0.390 e. The van der Waals surface area contributed by atoms with Crippen LogP contribution in [0.3, 0.4) is 0 Å². The molecule has 0 bridgehead atoms. The molecule has 8 heteroatoms. The maximum absolute atomic E-state index is 12.6. The van der Waals surface area contributed by atoms with Gasteiger partial charge in [-0.15, -0.1) is 0 Å². The van der Waals surface area contributed by atoms with Crippen molar-refractivity contribution in [3.63, 3.8) is 0 Å². The number of fused-ring (bicyclic) bond motifs is 1. The fourth-order valence-corrected chi connectivity index (χ4v) is 2.06. The van der Waals surface area contributed by atoms with Crippen molar-refractivity contribution in [1.82, 2.24) is 14.6 Å². The molecule has 0 aliphatic carbocycles. The smallest absolute Gasteiger partial charge is 0.282 e.